The van der Waals surface area contributed by atoms with E-state index in [-0.39, 0.29) is 17.0 Å². The third kappa shape index (κ3) is 5.45. The molecule has 1 N–H and O–H groups in total. The SMILES string of the molecule is Br.CCCCCCCCN1CCc2cc(O)ccc2C1. The van der Waals surface area contributed by atoms with Crippen molar-refractivity contribution in [3.63, 3.8) is 0 Å². The van der Waals surface area contributed by atoms with Gasteiger partial charge in [0.05, 0.1) is 0 Å². The molecule has 0 aliphatic carbocycles. The molecule has 0 saturated heterocycles. The molecule has 1 aromatic carbocycles. The molecular formula is C17H28BrNO. The maximum absolute atomic E-state index is 9.48. The summed E-state index contributed by atoms with van der Waals surface area (Å²) in [5.74, 6) is 0.406. The Labute approximate surface area is 134 Å². The van der Waals surface area contributed by atoms with Crippen LogP contribution in [-0.4, -0.2) is 23.1 Å². The second-order valence-electron chi connectivity index (χ2n) is 5.75. The van der Waals surface area contributed by atoms with E-state index in [0.29, 0.717) is 5.75 Å². The van der Waals surface area contributed by atoms with Crippen molar-refractivity contribution in [2.75, 3.05) is 13.1 Å². The molecule has 0 saturated carbocycles. The van der Waals surface area contributed by atoms with E-state index in [1.54, 1.807) is 0 Å². The van der Waals surface area contributed by atoms with E-state index in [2.05, 4.69) is 17.9 Å². The molecule has 20 heavy (non-hydrogen) atoms. The molecule has 0 fully saturated rings. The fourth-order valence-electron chi connectivity index (χ4n) is 2.90. The Hall–Kier alpha value is -0.540. The zero-order valence-corrected chi connectivity index (χ0v) is 14.3. The van der Waals surface area contributed by atoms with E-state index in [4.69, 9.17) is 0 Å². The van der Waals surface area contributed by atoms with Gasteiger partial charge in [0.25, 0.3) is 0 Å². The molecule has 0 bridgehead atoms. The van der Waals surface area contributed by atoms with Crippen molar-refractivity contribution in [2.24, 2.45) is 0 Å². The maximum Gasteiger partial charge on any atom is 0.115 e. The number of hydrogen-bond donors (Lipinski definition) is 1. The zero-order chi connectivity index (χ0) is 13.5. The summed E-state index contributed by atoms with van der Waals surface area (Å²) in [5, 5.41) is 9.48. The van der Waals surface area contributed by atoms with Gasteiger partial charge in [0.2, 0.25) is 0 Å². The van der Waals surface area contributed by atoms with E-state index < -0.39 is 0 Å². The van der Waals surface area contributed by atoms with Crippen LogP contribution in [-0.2, 0) is 13.0 Å². The number of halogens is 1. The summed E-state index contributed by atoms with van der Waals surface area (Å²) in [4.78, 5) is 2.55. The summed E-state index contributed by atoms with van der Waals surface area (Å²) in [5.41, 5.74) is 2.73. The summed E-state index contributed by atoms with van der Waals surface area (Å²) < 4.78 is 0. The lowest BCUT2D eigenvalue weighted by atomic mass is 9.99. The lowest BCUT2D eigenvalue weighted by Crippen LogP contribution is -2.31. The van der Waals surface area contributed by atoms with Crippen molar-refractivity contribution in [1.29, 1.82) is 0 Å². The Kier molecular flexibility index (Phi) is 8.24. The van der Waals surface area contributed by atoms with Gasteiger partial charge in [-0.15, -0.1) is 17.0 Å². The van der Waals surface area contributed by atoms with Gasteiger partial charge in [0, 0.05) is 13.1 Å². The highest BCUT2D eigenvalue weighted by molar-refractivity contribution is 8.93. The van der Waals surface area contributed by atoms with Gasteiger partial charge in [-0.1, -0.05) is 45.1 Å². The molecule has 2 nitrogen and oxygen atoms in total. The molecule has 0 radical (unpaired) electrons. The largest absolute Gasteiger partial charge is 0.508 e. The van der Waals surface area contributed by atoms with Gasteiger partial charge in [-0.2, -0.15) is 0 Å². The van der Waals surface area contributed by atoms with Crippen LogP contribution in [0.3, 0.4) is 0 Å². The predicted octanol–water partition coefficient (Wildman–Crippen LogP) is 4.69. The molecule has 114 valence electrons. The van der Waals surface area contributed by atoms with Crippen LogP contribution in [0.5, 0.6) is 5.75 Å². The number of phenolic OH excluding ortho intramolecular Hbond substituents is 1. The van der Waals surface area contributed by atoms with E-state index in [1.807, 2.05) is 12.1 Å². The second-order valence-corrected chi connectivity index (χ2v) is 5.75. The number of phenols is 1. The fraction of sp³-hybridized carbons (Fsp3) is 0.647. The van der Waals surface area contributed by atoms with Crippen molar-refractivity contribution in [3.05, 3.63) is 29.3 Å². The normalized spacial score (nSPS) is 14.7. The third-order valence-electron chi connectivity index (χ3n) is 4.11. The molecular weight excluding hydrogens is 314 g/mol. The first-order valence-corrected chi connectivity index (χ1v) is 7.82. The van der Waals surface area contributed by atoms with Crippen molar-refractivity contribution in [3.8, 4) is 5.75 Å². The monoisotopic (exact) mass is 341 g/mol. The van der Waals surface area contributed by atoms with Gasteiger partial charge in [0.15, 0.2) is 0 Å². The summed E-state index contributed by atoms with van der Waals surface area (Å²) in [7, 11) is 0. The Morgan fingerprint density at radius 1 is 1.05 bits per heavy atom. The van der Waals surface area contributed by atoms with Crippen LogP contribution >= 0.6 is 17.0 Å². The highest BCUT2D eigenvalue weighted by Crippen LogP contribution is 2.23. The fourth-order valence-corrected chi connectivity index (χ4v) is 2.90. The van der Waals surface area contributed by atoms with Crippen LogP contribution in [0.4, 0.5) is 0 Å². The van der Waals surface area contributed by atoms with E-state index in [1.165, 1.54) is 56.2 Å². The first-order valence-electron chi connectivity index (χ1n) is 7.82. The quantitative estimate of drug-likeness (QED) is 0.727. The molecule has 2 rings (SSSR count). The Morgan fingerprint density at radius 2 is 1.80 bits per heavy atom. The molecule has 0 amide bonds. The average Bonchev–Trinajstić information content (AvgIpc) is 2.43. The minimum atomic E-state index is 0. The topological polar surface area (TPSA) is 23.5 Å². The molecule has 1 aliphatic rings. The molecule has 1 aliphatic heterocycles. The second kappa shape index (κ2) is 9.41. The first-order chi connectivity index (χ1) is 9.29. The molecule has 0 aromatic heterocycles. The van der Waals surface area contributed by atoms with Crippen LogP contribution in [0.25, 0.3) is 0 Å². The number of benzene rings is 1. The Bertz CT molecular complexity index is 395. The van der Waals surface area contributed by atoms with Crippen LogP contribution in [0.1, 0.15) is 56.6 Å². The van der Waals surface area contributed by atoms with E-state index in [0.717, 1.165) is 19.5 Å². The van der Waals surface area contributed by atoms with Crippen molar-refractivity contribution < 1.29 is 5.11 Å². The van der Waals surface area contributed by atoms with E-state index >= 15 is 0 Å². The van der Waals surface area contributed by atoms with Gasteiger partial charge in [-0.25, -0.2) is 0 Å². The van der Waals surface area contributed by atoms with Gasteiger partial charge < -0.3 is 5.11 Å². The van der Waals surface area contributed by atoms with Gasteiger partial charge in [-0.05, 0) is 42.6 Å². The average molecular weight is 342 g/mol. The summed E-state index contributed by atoms with van der Waals surface area (Å²) in [6, 6.07) is 5.82. The standard InChI is InChI=1S/C17H27NO.BrH/c1-2-3-4-5-6-7-11-18-12-10-15-13-17(19)9-8-16(15)14-18;/h8-9,13,19H,2-7,10-12,14H2,1H3;1H. The smallest absolute Gasteiger partial charge is 0.115 e. The van der Waals surface area contributed by atoms with Crippen LogP contribution in [0.15, 0.2) is 18.2 Å². The van der Waals surface area contributed by atoms with Crippen molar-refractivity contribution in [1.82, 2.24) is 4.90 Å². The lowest BCUT2D eigenvalue weighted by Gasteiger charge is -2.28. The number of nitrogens with zero attached hydrogens (tertiary/aromatic N) is 1. The van der Waals surface area contributed by atoms with Gasteiger partial charge >= 0.3 is 0 Å². The number of fused-ring (bicyclic) bond motifs is 1. The van der Waals surface area contributed by atoms with E-state index in [9.17, 15) is 5.11 Å². The number of rotatable bonds is 7. The predicted molar refractivity (Wildman–Crippen MR) is 90.8 cm³/mol. The highest BCUT2D eigenvalue weighted by atomic mass is 79.9. The van der Waals surface area contributed by atoms with Gasteiger partial charge in [-0.3, -0.25) is 4.90 Å². The Balaban J connectivity index is 0.00000200. The minimum Gasteiger partial charge on any atom is -0.508 e. The van der Waals surface area contributed by atoms with Crippen molar-refractivity contribution in [2.45, 2.75) is 58.4 Å². The lowest BCUT2D eigenvalue weighted by molar-refractivity contribution is 0.247. The van der Waals surface area contributed by atoms with Crippen LogP contribution < -0.4 is 0 Å². The zero-order valence-electron chi connectivity index (χ0n) is 12.6. The van der Waals surface area contributed by atoms with Gasteiger partial charge in [0.1, 0.15) is 5.75 Å². The number of aromatic hydroxyl groups is 1. The first kappa shape index (κ1) is 17.5. The summed E-state index contributed by atoms with van der Waals surface area (Å²) in [6.45, 7) is 5.70. The maximum atomic E-state index is 9.48. The molecule has 0 spiro atoms. The minimum absolute atomic E-state index is 0. The van der Waals surface area contributed by atoms with Crippen LogP contribution in [0, 0.1) is 0 Å². The molecule has 1 heterocycles. The molecule has 0 atom stereocenters. The highest BCUT2D eigenvalue weighted by Gasteiger charge is 2.15. The Morgan fingerprint density at radius 3 is 2.60 bits per heavy atom. The number of unbranched alkanes of at least 4 members (excludes halogenated alkanes) is 5. The summed E-state index contributed by atoms with van der Waals surface area (Å²) >= 11 is 0. The molecule has 3 heteroatoms. The summed E-state index contributed by atoms with van der Waals surface area (Å²) in [6.07, 6.45) is 9.30. The molecule has 0 unspecified atom stereocenters. The van der Waals surface area contributed by atoms with Crippen molar-refractivity contribution >= 4 is 17.0 Å². The number of hydrogen-bond acceptors (Lipinski definition) is 2. The van der Waals surface area contributed by atoms with Crippen LogP contribution in [0.2, 0.25) is 0 Å². The third-order valence-corrected chi connectivity index (χ3v) is 4.11. The molecule has 1 aromatic rings.